The van der Waals surface area contributed by atoms with E-state index in [9.17, 15) is 9.59 Å². The predicted octanol–water partition coefficient (Wildman–Crippen LogP) is 0.785. The first kappa shape index (κ1) is 15.0. The van der Waals surface area contributed by atoms with Gasteiger partial charge in [0.2, 0.25) is 11.8 Å². The lowest BCUT2D eigenvalue weighted by atomic mass is 10.1. The molecule has 1 saturated heterocycles. The van der Waals surface area contributed by atoms with Crippen LogP contribution in [0.5, 0.6) is 0 Å². The monoisotopic (exact) mass is 256 g/mol. The largest absolute Gasteiger partial charge is 0.381 e. The number of piperazine rings is 1. The van der Waals surface area contributed by atoms with Gasteiger partial charge in [0.05, 0.1) is 0 Å². The lowest BCUT2D eigenvalue weighted by Crippen LogP contribution is -2.61. The fourth-order valence-corrected chi connectivity index (χ4v) is 1.94. The molecule has 0 saturated carbocycles. The summed E-state index contributed by atoms with van der Waals surface area (Å²) in [6.07, 6.45) is 0.767. The Labute approximate surface area is 109 Å². The molecular weight excluding hydrogens is 232 g/mol. The minimum absolute atomic E-state index is 0.00837. The molecule has 1 aliphatic rings. The normalized spacial score (nSPS) is 24.6. The number of hydrogen-bond acceptors (Lipinski definition) is 3. The molecule has 1 aliphatic heterocycles. The van der Waals surface area contributed by atoms with Crippen LogP contribution < -0.4 is 5.32 Å². The molecule has 2 unspecified atom stereocenters. The van der Waals surface area contributed by atoms with Crippen LogP contribution in [0.25, 0.3) is 0 Å². The van der Waals surface area contributed by atoms with Gasteiger partial charge in [-0.2, -0.15) is 0 Å². The van der Waals surface area contributed by atoms with E-state index in [1.165, 1.54) is 0 Å². The fourth-order valence-electron chi connectivity index (χ4n) is 1.94. The zero-order chi connectivity index (χ0) is 13.7. The minimum Gasteiger partial charge on any atom is -0.381 e. The topological polar surface area (TPSA) is 58.6 Å². The molecule has 0 aromatic heterocycles. The molecule has 0 spiro atoms. The highest BCUT2D eigenvalue weighted by molar-refractivity contribution is 5.96. The Morgan fingerprint density at radius 2 is 2.00 bits per heavy atom. The maximum Gasteiger partial charge on any atom is 0.245 e. The van der Waals surface area contributed by atoms with Gasteiger partial charge in [0.15, 0.2) is 0 Å². The summed E-state index contributed by atoms with van der Waals surface area (Å²) in [7, 11) is 0. The van der Waals surface area contributed by atoms with Crippen LogP contribution in [0.4, 0.5) is 0 Å². The maximum absolute atomic E-state index is 11.9. The zero-order valence-corrected chi connectivity index (χ0v) is 11.7. The first-order valence-corrected chi connectivity index (χ1v) is 6.62. The molecule has 5 nitrogen and oxygen atoms in total. The van der Waals surface area contributed by atoms with Crippen LogP contribution in [0.1, 0.15) is 34.1 Å². The first-order chi connectivity index (χ1) is 8.43. The van der Waals surface area contributed by atoms with Gasteiger partial charge in [-0.3, -0.25) is 9.59 Å². The molecule has 0 aromatic carbocycles. The van der Waals surface area contributed by atoms with Gasteiger partial charge < -0.3 is 15.0 Å². The molecule has 1 N–H and O–H groups in total. The Morgan fingerprint density at radius 1 is 1.33 bits per heavy atom. The molecule has 1 rings (SSSR count). The van der Waals surface area contributed by atoms with E-state index in [0.29, 0.717) is 19.1 Å². The van der Waals surface area contributed by atoms with Crippen molar-refractivity contribution in [1.82, 2.24) is 10.2 Å². The molecule has 2 atom stereocenters. The van der Waals surface area contributed by atoms with Gasteiger partial charge in [-0.15, -0.1) is 0 Å². The van der Waals surface area contributed by atoms with Crippen molar-refractivity contribution < 1.29 is 14.3 Å². The smallest absolute Gasteiger partial charge is 0.245 e. The number of amides is 2. The Kier molecular flexibility index (Phi) is 5.59. The number of hydrogen-bond donors (Lipinski definition) is 1. The van der Waals surface area contributed by atoms with E-state index in [1.54, 1.807) is 18.7 Å². The van der Waals surface area contributed by atoms with Gasteiger partial charge in [0.1, 0.15) is 12.1 Å². The third kappa shape index (κ3) is 3.98. The van der Waals surface area contributed by atoms with Crippen molar-refractivity contribution in [3.8, 4) is 0 Å². The molecule has 1 heterocycles. The molecule has 0 radical (unpaired) electrons. The summed E-state index contributed by atoms with van der Waals surface area (Å²) in [6.45, 7) is 9.62. The van der Waals surface area contributed by atoms with Gasteiger partial charge in [0.25, 0.3) is 0 Å². The van der Waals surface area contributed by atoms with Crippen molar-refractivity contribution in [1.29, 1.82) is 0 Å². The molecular formula is C13H24N2O3. The van der Waals surface area contributed by atoms with E-state index in [0.717, 1.165) is 13.0 Å². The van der Waals surface area contributed by atoms with E-state index in [-0.39, 0.29) is 17.9 Å². The number of nitrogens with zero attached hydrogens (tertiary/aromatic N) is 1. The van der Waals surface area contributed by atoms with Crippen LogP contribution in [-0.4, -0.2) is 48.6 Å². The standard InChI is InChI=1S/C13H24N2O3/c1-9(2)8-18-7-5-6-15-11(4)12(16)14-10(3)13(15)17/h9-11H,5-8H2,1-4H3,(H,14,16). The molecule has 0 aromatic rings. The highest BCUT2D eigenvalue weighted by Crippen LogP contribution is 2.10. The third-order valence-corrected chi connectivity index (χ3v) is 3.00. The van der Waals surface area contributed by atoms with Crippen LogP contribution in [0, 0.1) is 5.92 Å². The van der Waals surface area contributed by atoms with Crippen LogP contribution in [0.15, 0.2) is 0 Å². The van der Waals surface area contributed by atoms with Crippen LogP contribution in [0.3, 0.4) is 0 Å². The van der Waals surface area contributed by atoms with Crippen molar-refractivity contribution in [3.63, 3.8) is 0 Å². The summed E-state index contributed by atoms with van der Waals surface area (Å²) < 4.78 is 5.47. The van der Waals surface area contributed by atoms with Crippen molar-refractivity contribution in [2.75, 3.05) is 19.8 Å². The Balaban J connectivity index is 2.34. The van der Waals surface area contributed by atoms with Gasteiger partial charge in [-0.1, -0.05) is 13.8 Å². The molecule has 1 fully saturated rings. The summed E-state index contributed by atoms with van der Waals surface area (Å²) in [5, 5.41) is 2.66. The predicted molar refractivity (Wildman–Crippen MR) is 69.1 cm³/mol. The second-order valence-corrected chi connectivity index (χ2v) is 5.26. The van der Waals surface area contributed by atoms with E-state index in [1.807, 2.05) is 0 Å². The second-order valence-electron chi connectivity index (χ2n) is 5.26. The summed E-state index contributed by atoms with van der Waals surface area (Å²) in [5.74, 6) is 0.433. The number of carbonyl (C=O) groups excluding carboxylic acids is 2. The molecule has 104 valence electrons. The highest BCUT2D eigenvalue weighted by Gasteiger charge is 2.35. The summed E-state index contributed by atoms with van der Waals surface area (Å²) in [4.78, 5) is 25.2. The van der Waals surface area contributed by atoms with E-state index in [2.05, 4.69) is 19.2 Å². The summed E-state index contributed by atoms with van der Waals surface area (Å²) in [5.41, 5.74) is 0. The SMILES string of the molecule is CC(C)COCCCN1C(=O)C(C)NC(=O)C1C. The third-order valence-electron chi connectivity index (χ3n) is 3.00. The molecule has 2 amide bonds. The Hall–Kier alpha value is -1.10. The fraction of sp³-hybridized carbons (Fsp3) is 0.846. The summed E-state index contributed by atoms with van der Waals surface area (Å²) in [6, 6.07) is -0.788. The van der Waals surface area contributed by atoms with Gasteiger partial charge in [-0.05, 0) is 26.2 Å². The van der Waals surface area contributed by atoms with Crippen LogP contribution >= 0.6 is 0 Å². The lowest BCUT2D eigenvalue weighted by Gasteiger charge is -2.36. The van der Waals surface area contributed by atoms with Gasteiger partial charge in [-0.25, -0.2) is 0 Å². The molecule has 0 bridgehead atoms. The summed E-state index contributed by atoms with van der Waals surface area (Å²) >= 11 is 0. The maximum atomic E-state index is 11.9. The molecule has 0 aliphatic carbocycles. The Bertz CT molecular complexity index is 305. The van der Waals surface area contributed by atoms with Crippen molar-refractivity contribution in [3.05, 3.63) is 0 Å². The number of ether oxygens (including phenoxy) is 1. The Morgan fingerprint density at radius 3 is 2.61 bits per heavy atom. The zero-order valence-electron chi connectivity index (χ0n) is 11.7. The van der Waals surface area contributed by atoms with Crippen molar-refractivity contribution >= 4 is 11.8 Å². The quantitative estimate of drug-likeness (QED) is 0.715. The van der Waals surface area contributed by atoms with Crippen LogP contribution in [-0.2, 0) is 14.3 Å². The van der Waals surface area contributed by atoms with Gasteiger partial charge in [0, 0.05) is 19.8 Å². The van der Waals surface area contributed by atoms with Crippen molar-refractivity contribution in [2.45, 2.75) is 46.2 Å². The van der Waals surface area contributed by atoms with E-state index >= 15 is 0 Å². The average Bonchev–Trinajstić information content (AvgIpc) is 2.30. The minimum atomic E-state index is -0.412. The van der Waals surface area contributed by atoms with Crippen LogP contribution in [0.2, 0.25) is 0 Å². The number of carbonyl (C=O) groups is 2. The van der Waals surface area contributed by atoms with E-state index < -0.39 is 6.04 Å². The number of nitrogens with one attached hydrogen (secondary N) is 1. The number of rotatable bonds is 6. The molecule has 5 heteroatoms. The highest BCUT2D eigenvalue weighted by atomic mass is 16.5. The van der Waals surface area contributed by atoms with Gasteiger partial charge >= 0.3 is 0 Å². The average molecular weight is 256 g/mol. The van der Waals surface area contributed by atoms with Crippen molar-refractivity contribution in [2.24, 2.45) is 5.92 Å². The lowest BCUT2D eigenvalue weighted by molar-refractivity contribution is -0.148. The van der Waals surface area contributed by atoms with E-state index in [4.69, 9.17) is 4.74 Å². The second kappa shape index (κ2) is 6.73. The molecule has 18 heavy (non-hydrogen) atoms. The first-order valence-electron chi connectivity index (χ1n) is 6.62.